The smallest absolute Gasteiger partial charge is 0.236 e. The van der Waals surface area contributed by atoms with Gasteiger partial charge in [0.05, 0.1) is 24.5 Å². The van der Waals surface area contributed by atoms with Crippen molar-refractivity contribution in [1.82, 2.24) is 39.8 Å². The van der Waals surface area contributed by atoms with E-state index in [1.807, 2.05) is 42.1 Å². The number of aromatic nitrogens is 5. The second-order valence-corrected chi connectivity index (χ2v) is 14.3. The predicted octanol–water partition coefficient (Wildman–Crippen LogP) is 5.37. The Bertz CT molecular complexity index is 1990. The number of aromatic amines is 1. The number of H-pyrrole nitrogens is 1. The summed E-state index contributed by atoms with van der Waals surface area (Å²) in [5.41, 5.74) is 7.80. The molecular formula is C41H46N10O. The van der Waals surface area contributed by atoms with E-state index in [0.717, 1.165) is 86.5 Å². The molecule has 1 N–H and O–H groups in total. The molecule has 2 saturated heterocycles. The lowest BCUT2D eigenvalue weighted by molar-refractivity contribution is -0.132. The number of para-hydroxylation sites is 1. The quantitative estimate of drug-likeness (QED) is 0.218. The van der Waals surface area contributed by atoms with Crippen LogP contribution in [0.5, 0.6) is 0 Å². The number of piperidine rings is 1. The Morgan fingerprint density at radius 2 is 1.62 bits per heavy atom. The molecule has 266 valence electrons. The molecule has 0 spiro atoms. The fourth-order valence-corrected chi connectivity index (χ4v) is 7.49. The molecule has 6 heterocycles. The number of hydrogen-bond donors (Lipinski definition) is 1. The first kappa shape index (κ1) is 33.7. The topological polar surface area (TPSA) is 101 Å². The molecule has 0 radical (unpaired) electrons. The molecule has 0 saturated carbocycles. The molecule has 0 atom stereocenters. The van der Waals surface area contributed by atoms with Crippen molar-refractivity contribution in [3.8, 4) is 11.5 Å². The van der Waals surface area contributed by atoms with Crippen LogP contribution in [0.25, 0.3) is 23.3 Å². The van der Waals surface area contributed by atoms with Crippen molar-refractivity contribution in [3.63, 3.8) is 0 Å². The predicted molar refractivity (Wildman–Crippen MR) is 205 cm³/mol. The Morgan fingerprint density at radius 1 is 0.846 bits per heavy atom. The highest BCUT2D eigenvalue weighted by atomic mass is 16.2. The lowest BCUT2D eigenvalue weighted by atomic mass is 9.95. The molecule has 3 aliphatic rings. The average molecular weight is 695 g/mol. The van der Waals surface area contributed by atoms with Gasteiger partial charge in [-0.2, -0.15) is 5.10 Å². The van der Waals surface area contributed by atoms with Gasteiger partial charge in [0.25, 0.3) is 0 Å². The lowest BCUT2D eigenvalue weighted by Crippen LogP contribution is -2.51. The number of anilines is 2. The van der Waals surface area contributed by atoms with Gasteiger partial charge in [0.15, 0.2) is 5.82 Å². The number of benzene rings is 2. The summed E-state index contributed by atoms with van der Waals surface area (Å²) in [6.07, 6.45) is 6.12. The SMILES string of the molecule is CN(C)CC(=O)N1CCN(c2ccc3c(n2)C=C(c2ccc(CN4CCC(c5nc(-c6ccccn6)n[nH]5)CC4)cc2)N(c2ccccc2)C3)CC1. The molecule has 8 rings (SSSR count). The number of carbonyl (C=O) groups excluding carboxylic acids is 1. The molecule has 2 fully saturated rings. The summed E-state index contributed by atoms with van der Waals surface area (Å²) in [6, 6.07) is 29.9. The van der Waals surface area contributed by atoms with Crippen LogP contribution in [0.3, 0.4) is 0 Å². The van der Waals surface area contributed by atoms with Crippen molar-refractivity contribution in [2.45, 2.75) is 31.8 Å². The molecule has 0 unspecified atom stereocenters. The average Bonchev–Trinajstić information content (AvgIpc) is 3.69. The van der Waals surface area contributed by atoms with E-state index in [1.165, 1.54) is 16.7 Å². The van der Waals surface area contributed by atoms with Crippen LogP contribution in [-0.2, 0) is 17.9 Å². The van der Waals surface area contributed by atoms with Crippen molar-refractivity contribution in [2.75, 3.05) is 69.7 Å². The number of hydrogen-bond acceptors (Lipinski definition) is 9. The van der Waals surface area contributed by atoms with Crippen LogP contribution < -0.4 is 9.80 Å². The zero-order valence-corrected chi connectivity index (χ0v) is 30.0. The second-order valence-electron chi connectivity index (χ2n) is 14.3. The molecule has 1 amide bonds. The number of nitrogens with one attached hydrogen (secondary N) is 1. The summed E-state index contributed by atoms with van der Waals surface area (Å²) in [7, 11) is 3.87. The standard InChI is InChI=1S/C41H46N10O/c1-47(2)29-39(52)50-24-22-49(23-25-50)38-16-15-33-28-51(34-8-4-3-5-9-34)37(26-36(33)43-38)31-13-11-30(12-14-31)27-48-20-17-32(18-21-48)40-44-41(46-45-40)35-10-6-7-19-42-35/h3-16,19,26,32H,17-18,20-25,27-29H2,1-2H3,(H,44,45,46). The zero-order valence-electron chi connectivity index (χ0n) is 30.0. The number of fused-ring (bicyclic) bond motifs is 1. The highest BCUT2D eigenvalue weighted by Gasteiger charge is 2.27. The van der Waals surface area contributed by atoms with E-state index >= 15 is 0 Å². The lowest BCUT2D eigenvalue weighted by Gasteiger charge is -2.37. The third kappa shape index (κ3) is 7.46. The fourth-order valence-electron chi connectivity index (χ4n) is 7.49. The van der Waals surface area contributed by atoms with E-state index in [1.54, 1.807) is 6.20 Å². The maximum atomic E-state index is 12.6. The van der Waals surface area contributed by atoms with Crippen molar-refractivity contribution in [3.05, 3.63) is 119 Å². The van der Waals surface area contributed by atoms with Gasteiger partial charge >= 0.3 is 0 Å². The Kier molecular flexibility index (Phi) is 9.78. The molecule has 5 aromatic rings. The normalized spacial score (nSPS) is 17.0. The van der Waals surface area contributed by atoms with Gasteiger partial charge in [-0.25, -0.2) is 9.97 Å². The van der Waals surface area contributed by atoms with Crippen molar-refractivity contribution < 1.29 is 4.79 Å². The number of piperazine rings is 1. The first-order chi connectivity index (χ1) is 25.5. The summed E-state index contributed by atoms with van der Waals surface area (Å²) in [6.45, 7) is 7.15. The Balaban J connectivity index is 0.947. The summed E-state index contributed by atoms with van der Waals surface area (Å²) in [4.78, 5) is 38.1. The van der Waals surface area contributed by atoms with Gasteiger partial charge in [-0.05, 0) is 93.1 Å². The third-order valence-electron chi connectivity index (χ3n) is 10.4. The number of likely N-dealkylation sites (tertiary alicyclic amines) is 1. The number of pyridine rings is 2. The van der Waals surface area contributed by atoms with Crippen LogP contribution in [0.2, 0.25) is 0 Å². The van der Waals surface area contributed by atoms with E-state index in [-0.39, 0.29) is 5.91 Å². The van der Waals surface area contributed by atoms with Gasteiger partial charge in [-0.15, -0.1) is 0 Å². The molecule has 11 heteroatoms. The first-order valence-electron chi connectivity index (χ1n) is 18.3. The fraction of sp³-hybridized carbons (Fsp3) is 0.341. The number of rotatable bonds is 9. The molecule has 11 nitrogen and oxygen atoms in total. The molecule has 52 heavy (non-hydrogen) atoms. The third-order valence-corrected chi connectivity index (χ3v) is 10.4. The molecule has 0 bridgehead atoms. The maximum absolute atomic E-state index is 12.6. The summed E-state index contributed by atoms with van der Waals surface area (Å²) >= 11 is 0. The first-order valence-corrected chi connectivity index (χ1v) is 18.3. The minimum atomic E-state index is 0.186. The number of carbonyl (C=O) groups is 1. The van der Waals surface area contributed by atoms with E-state index < -0.39 is 0 Å². The van der Waals surface area contributed by atoms with Gasteiger partial charge in [-0.3, -0.25) is 19.8 Å². The van der Waals surface area contributed by atoms with E-state index in [9.17, 15) is 4.79 Å². The van der Waals surface area contributed by atoms with Crippen LogP contribution in [0.4, 0.5) is 11.5 Å². The molecule has 0 aliphatic carbocycles. The number of likely N-dealkylation sites (N-methyl/N-ethyl adjacent to an activating group) is 1. The van der Waals surface area contributed by atoms with Gasteiger partial charge in [0, 0.05) is 50.5 Å². The largest absolute Gasteiger partial charge is 0.353 e. The van der Waals surface area contributed by atoms with Gasteiger partial charge in [-0.1, -0.05) is 54.6 Å². The van der Waals surface area contributed by atoms with Gasteiger partial charge < -0.3 is 19.6 Å². The zero-order chi connectivity index (χ0) is 35.4. The Hall–Kier alpha value is -5.39. The van der Waals surface area contributed by atoms with Crippen LogP contribution in [0.1, 0.15) is 47.0 Å². The molecular weight excluding hydrogens is 649 g/mol. The van der Waals surface area contributed by atoms with Gasteiger partial charge in [0.2, 0.25) is 5.91 Å². The molecule has 3 aromatic heterocycles. The van der Waals surface area contributed by atoms with E-state index in [4.69, 9.17) is 9.97 Å². The van der Waals surface area contributed by atoms with Crippen LogP contribution in [-0.4, -0.2) is 106 Å². The minimum absolute atomic E-state index is 0.186. The van der Waals surface area contributed by atoms with E-state index in [0.29, 0.717) is 31.4 Å². The molecule has 3 aliphatic heterocycles. The number of nitrogens with zero attached hydrogens (tertiary/aromatic N) is 9. The highest BCUT2D eigenvalue weighted by molar-refractivity contribution is 5.92. The van der Waals surface area contributed by atoms with Crippen molar-refractivity contribution in [2.24, 2.45) is 0 Å². The van der Waals surface area contributed by atoms with Crippen molar-refractivity contribution in [1.29, 1.82) is 0 Å². The maximum Gasteiger partial charge on any atom is 0.236 e. The molecule has 2 aromatic carbocycles. The van der Waals surface area contributed by atoms with Crippen LogP contribution in [0, 0.1) is 0 Å². The summed E-state index contributed by atoms with van der Waals surface area (Å²) in [5.74, 6) is 3.17. The summed E-state index contributed by atoms with van der Waals surface area (Å²) < 4.78 is 0. The summed E-state index contributed by atoms with van der Waals surface area (Å²) in [5, 5.41) is 7.61. The second kappa shape index (κ2) is 15.1. The van der Waals surface area contributed by atoms with Crippen molar-refractivity contribution >= 4 is 29.2 Å². The van der Waals surface area contributed by atoms with Crippen LogP contribution in [0.15, 0.2) is 91.1 Å². The Labute approximate surface area is 305 Å². The monoisotopic (exact) mass is 694 g/mol. The highest BCUT2D eigenvalue weighted by Crippen LogP contribution is 2.36. The number of amides is 1. The minimum Gasteiger partial charge on any atom is -0.353 e. The van der Waals surface area contributed by atoms with Gasteiger partial charge in [0.1, 0.15) is 17.3 Å². The van der Waals surface area contributed by atoms with E-state index in [2.05, 4.69) is 103 Å². The van der Waals surface area contributed by atoms with Crippen LogP contribution >= 0.6 is 0 Å². The Morgan fingerprint density at radius 3 is 2.35 bits per heavy atom.